The van der Waals surface area contributed by atoms with Gasteiger partial charge in [0.25, 0.3) is 0 Å². The van der Waals surface area contributed by atoms with Gasteiger partial charge in [-0.3, -0.25) is 9.59 Å². The average molecular weight is 241 g/mol. The second kappa shape index (κ2) is 9.87. The number of aliphatic carboxylic acids is 1. The number of unbranched alkanes of at least 4 members (excludes halogenated alkanes) is 3. The maximum absolute atomic E-state index is 11.7. The third kappa shape index (κ3) is 8.48. The van der Waals surface area contributed by atoms with Crippen molar-refractivity contribution < 1.29 is 14.7 Å². The number of hydrogen-bond acceptors (Lipinski definition) is 2. The smallest absolute Gasteiger partial charge is 0.323 e. The third-order valence-electron chi connectivity index (χ3n) is 2.52. The molecule has 0 aliphatic rings. The van der Waals surface area contributed by atoms with Crippen LogP contribution in [0.25, 0.3) is 0 Å². The number of carbonyl (C=O) groups excluding carboxylic acids is 1. The molecule has 0 heterocycles. The summed E-state index contributed by atoms with van der Waals surface area (Å²) in [5, 5.41) is 8.75. The van der Waals surface area contributed by atoms with Gasteiger partial charge in [-0.05, 0) is 12.8 Å². The second-order valence-corrected chi connectivity index (χ2v) is 4.10. The van der Waals surface area contributed by atoms with E-state index in [9.17, 15) is 9.59 Å². The minimum Gasteiger partial charge on any atom is -0.480 e. The van der Waals surface area contributed by atoms with Crippen LogP contribution >= 0.6 is 0 Å². The number of allylic oxidation sites excluding steroid dienone is 1. The van der Waals surface area contributed by atoms with Crippen LogP contribution in [0.5, 0.6) is 0 Å². The lowest BCUT2D eigenvalue weighted by Gasteiger charge is -2.20. The molecule has 0 aliphatic heterocycles. The molecule has 0 spiro atoms. The molecule has 4 nitrogen and oxygen atoms in total. The van der Waals surface area contributed by atoms with Crippen LogP contribution in [0, 0.1) is 0 Å². The highest BCUT2D eigenvalue weighted by molar-refractivity contribution is 5.81. The molecular weight excluding hydrogens is 218 g/mol. The van der Waals surface area contributed by atoms with Gasteiger partial charge in [-0.25, -0.2) is 0 Å². The molecule has 0 saturated heterocycles. The van der Waals surface area contributed by atoms with Gasteiger partial charge in [-0.1, -0.05) is 32.3 Å². The first-order chi connectivity index (χ1) is 8.11. The Labute approximate surface area is 103 Å². The lowest BCUT2D eigenvalue weighted by atomic mass is 10.2. The molecule has 0 bridgehead atoms. The molecule has 0 fully saturated rings. The molecule has 0 aromatic rings. The van der Waals surface area contributed by atoms with Crippen molar-refractivity contribution in [2.45, 2.75) is 45.4 Å². The molecule has 1 amide bonds. The van der Waals surface area contributed by atoms with E-state index in [0.29, 0.717) is 19.4 Å². The number of nitrogens with zero attached hydrogens (tertiary/aromatic N) is 1. The van der Waals surface area contributed by atoms with Gasteiger partial charge >= 0.3 is 5.97 Å². The predicted octanol–water partition coefficient (Wildman–Crippen LogP) is 2.45. The first-order valence-corrected chi connectivity index (χ1v) is 6.22. The highest BCUT2D eigenvalue weighted by Crippen LogP contribution is 2.04. The van der Waals surface area contributed by atoms with Crippen molar-refractivity contribution in [1.29, 1.82) is 0 Å². The van der Waals surface area contributed by atoms with Gasteiger partial charge in [-0.15, -0.1) is 6.58 Å². The van der Waals surface area contributed by atoms with E-state index in [0.717, 1.165) is 25.7 Å². The quantitative estimate of drug-likeness (QED) is 0.472. The monoisotopic (exact) mass is 241 g/mol. The Morgan fingerprint density at radius 1 is 1.29 bits per heavy atom. The molecular formula is C13H23NO3. The number of carboxylic acid groups (broad SMARTS) is 1. The molecule has 0 aromatic carbocycles. The summed E-state index contributed by atoms with van der Waals surface area (Å²) < 4.78 is 0. The Morgan fingerprint density at radius 3 is 2.53 bits per heavy atom. The first kappa shape index (κ1) is 15.7. The molecule has 1 N–H and O–H groups in total. The highest BCUT2D eigenvalue weighted by Gasteiger charge is 2.15. The van der Waals surface area contributed by atoms with Crippen LogP contribution in [0.2, 0.25) is 0 Å². The molecule has 0 aliphatic carbocycles. The fourth-order valence-electron chi connectivity index (χ4n) is 1.57. The SMILES string of the molecule is C=CCCC(=O)N(CCCCCC)CC(=O)O. The Kier molecular flexibility index (Phi) is 9.11. The maximum atomic E-state index is 11.7. The van der Waals surface area contributed by atoms with Gasteiger partial charge in [0.1, 0.15) is 6.54 Å². The van der Waals surface area contributed by atoms with Crippen molar-refractivity contribution >= 4 is 11.9 Å². The summed E-state index contributed by atoms with van der Waals surface area (Å²) >= 11 is 0. The zero-order valence-electron chi connectivity index (χ0n) is 10.7. The number of hydrogen-bond donors (Lipinski definition) is 1. The molecule has 0 aromatic heterocycles. The summed E-state index contributed by atoms with van der Waals surface area (Å²) in [4.78, 5) is 23.8. The molecule has 0 rings (SSSR count). The summed E-state index contributed by atoms with van der Waals surface area (Å²) in [6.07, 6.45) is 6.80. The van der Waals surface area contributed by atoms with Crippen molar-refractivity contribution in [3.05, 3.63) is 12.7 Å². The van der Waals surface area contributed by atoms with Gasteiger partial charge in [0.2, 0.25) is 5.91 Å². The van der Waals surface area contributed by atoms with Crippen LogP contribution in [0.15, 0.2) is 12.7 Å². The first-order valence-electron chi connectivity index (χ1n) is 6.22. The van der Waals surface area contributed by atoms with Crippen LogP contribution in [0.3, 0.4) is 0 Å². The Hall–Kier alpha value is -1.32. The predicted molar refractivity (Wildman–Crippen MR) is 67.8 cm³/mol. The normalized spacial score (nSPS) is 9.94. The van der Waals surface area contributed by atoms with Gasteiger partial charge in [-0.2, -0.15) is 0 Å². The van der Waals surface area contributed by atoms with Crippen LogP contribution in [-0.2, 0) is 9.59 Å². The van der Waals surface area contributed by atoms with Gasteiger partial charge in [0.15, 0.2) is 0 Å². The fourth-order valence-corrected chi connectivity index (χ4v) is 1.57. The highest BCUT2D eigenvalue weighted by atomic mass is 16.4. The molecule has 0 saturated carbocycles. The van der Waals surface area contributed by atoms with E-state index in [2.05, 4.69) is 13.5 Å². The number of carbonyl (C=O) groups is 2. The lowest BCUT2D eigenvalue weighted by molar-refractivity contribution is -0.144. The number of rotatable bonds is 10. The fraction of sp³-hybridized carbons (Fsp3) is 0.692. The molecule has 98 valence electrons. The van der Waals surface area contributed by atoms with E-state index in [1.165, 1.54) is 4.90 Å². The average Bonchev–Trinajstić information content (AvgIpc) is 2.29. The van der Waals surface area contributed by atoms with E-state index in [1.807, 2.05) is 0 Å². The minimum atomic E-state index is -0.951. The van der Waals surface area contributed by atoms with E-state index in [4.69, 9.17) is 5.11 Å². The van der Waals surface area contributed by atoms with Crippen LogP contribution in [-0.4, -0.2) is 35.0 Å². The minimum absolute atomic E-state index is 0.0937. The van der Waals surface area contributed by atoms with Crippen molar-refractivity contribution in [1.82, 2.24) is 4.90 Å². The molecule has 4 heteroatoms. The standard InChI is InChI=1S/C13H23NO3/c1-3-5-7-8-10-14(11-13(16)17)12(15)9-6-4-2/h4H,2-3,5-11H2,1H3,(H,16,17). The van der Waals surface area contributed by atoms with E-state index < -0.39 is 5.97 Å². The zero-order chi connectivity index (χ0) is 13.1. The summed E-state index contributed by atoms with van der Waals surface area (Å²) in [5.74, 6) is -1.05. The van der Waals surface area contributed by atoms with Crippen molar-refractivity contribution in [3.8, 4) is 0 Å². The Bertz CT molecular complexity index is 251. The van der Waals surface area contributed by atoms with Crippen LogP contribution in [0.4, 0.5) is 0 Å². The number of carboxylic acids is 1. The van der Waals surface area contributed by atoms with E-state index in [1.54, 1.807) is 6.08 Å². The lowest BCUT2D eigenvalue weighted by Crippen LogP contribution is -2.36. The van der Waals surface area contributed by atoms with E-state index >= 15 is 0 Å². The second-order valence-electron chi connectivity index (χ2n) is 4.10. The van der Waals surface area contributed by atoms with Crippen molar-refractivity contribution in [2.75, 3.05) is 13.1 Å². The largest absolute Gasteiger partial charge is 0.480 e. The van der Waals surface area contributed by atoms with E-state index in [-0.39, 0.29) is 12.5 Å². The Balaban J connectivity index is 4.07. The van der Waals surface area contributed by atoms with Gasteiger partial charge in [0, 0.05) is 13.0 Å². The molecule has 0 atom stereocenters. The Morgan fingerprint density at radius 2 is 2.00 bits per heavy atom. The topological polar surface area (TPSA) is 57.6 Å². The summed E-state index contributed by atoms with van der Waals surface area (Å²) in [6.45, 7) is 6.02. The molecule has 17 heavy (non-hydrogen) atoms. The van der Waals surface area contributed by atoms with Gasteiger partial charge < -0.3 is 10.0 Å². The summed E-state index contributed by atoms with van der Waals surface area (Å²) in [5.41, 5.74) is 0. The van der Waals surface area contributed by atoms with Crippen LogP contribution in [0.1, 0.15) is 45.4 Å². The zero-order valence-corrected chi connectivity index (χ0v) is 10.7. The third-order valence-corrected chi connectivity index (χ3v) is 2.52. The molecule has 0 unspecified atom stereocenters. The summed E-state index contributed by atoms with van der Waals surface area (Å²) in [7, 11) is 0. The van der Waals surface area contributed by atoms with Crippen molar-refractivity contribution in [2.24, 2.45) is 0 Å². The maximum Gasteiger partial charge on any atom is 0.323 e. The number of amides is 1. The molecule has 0 radical (unpaired) electrons. The summed E-state index contributed by atoms with van der Waals surface area (Å²) in [6, 6.07) is 0. The van der Waals surface area contributed by atoms with Crippen molar-refractivity contribution in [3.63, 3.8) is 0 Å². The van der Waals surface area contributed by atoms with Crippen LogP contribution < -0.4 is 0 Å². The van der Waals surface area contributed by atoms with Gasteiger partial charge in [0.05, 0.1) is 0 Å².